The van der Waals surface area contributed by atoms with E-state index in [0.717, 1.165) is 46.5 Å². The molecule has 4 atom stereocenters. The van der Waals surface area contributed by atoms with Gasteiger partial charge in [0, 0.05) is 24.4 Å². The van der Waals surface area contributed by atoms with Gasteiger partial charge in [0.05, 0.1) is 41.9 Å². The number of allylic oxidation sites excluding steroid dienone is 1. The summed E-state index contributed by atoms with van der Waals surface area (Å²) in [6.07, 6.45) is 3.89. The second kappa shape index (κ2) is 12.4. The number of methoxy groups -OCH3 is 1. The quantitative estimate of drug-likeness (QED) is 0.201. The van der Waals surface area contributed by atoms with Crippen LogP contribution < -0.4 is 10.2 Å². The highest BCUT2D eigenvalue weighted by Gasteiger charge is 2.57. The highest BCUT2D eigenvalue weighted by Crippen LogP contribution is 2.50. The molecule has 8 heteroatoms. The number of anilines is 3. The standard InChI is InChI=1S/C35H35ClN2O5/c1-21(16-22-9-14-27(39)18-30(22)36)8-15-31-32-23(19-42-2)17-28-33(29(32)20-43-31)35(41)38(34(28)40)26-12-10-25(11-13-26)37-24-6-4-3-5-7-24/h3-7,9-14,16,18,28-29,31,33,37,39H,8,15,17,19-20H2,1-2H3/b21-16+/t28-,29+,31-,33-/m1/s1. The third-order valence-electron chi connectivity index (χ3n) is 8.70. The van der Waals surface area contributed by atoms with Crippen LogP contribution in [-0.2, 0) is 19.1 Å². The van der Waals surface area contributed by atoms with E-state index in [9.17, 15) is 14.7 Å². The molecule has 43 heavy (non-hydrogen) atoms. The highest BCUT2D eigenvalue weighted by molar-refractivity contribution is 6.32. The lowest BCUT2D eigenvalue weighted by atomic mass is 9.69. The molecule has 0 radical (unpaired) electrons. The SMILES string of the molecule is COCC1=C2[C@@H](CC/C(C)=C/c3ccc(O)cc3Cl)OC[C@@H]2[C@@H]2C(=O)N(c3ccc(Nc4ccccc4)cc3)C(=O)[C@@H]2C1. The maximum atomic E-state index is 13.9. The monoisotopic (exact) mass is 598 g/mol. The van der Waals surface area contributed by atoms with Crippen molar-refractivity contribution in [3.05, 3.63) is 100 Å². The number of hydrogen-bond acceptors (Lipinski definition) is 6. The number of carbonyl (C=O) groups excluding carboxylic acids is 2. The van der Waals surface area contributed by atoms with E-state index >= 15 is 0 Å². The lowest BCUT2D eigenvalue weighted by Crippen LogP contribution is -2.35. The number of phenolic OH excluding ortho intramolecular Hbond substituents is 1. The van der Waals surface area contributed by atoms with Gasteiger partial charge in [0.25, 0.3) is 0 Å². The summed E-state index contributed by atoms with van der Waals surface area (Å²) in [6, 6.07) is 22.2. The maximum absolute atomic E-state index is 13.9. The van der Waals surface area contributed by atoms with Crippen LogP contribution in [0.15, 0.2) is 89.5 Å². The van der Waals surface area contributed by atoms with Gasteiger partial charge in [0.2, 0.25) is 11.8 Å². The molecule has 0 bridgehead atoms. The molecule has 3 aromatic carbocycles. The van der Waals surface area contributed by atoms with Gasteiger partial charge in [0.1, 0.15) is 5.75 Å². The smallest absolute Gasteiger partial charge is 0.238 e. The van der Waals surface area contributed by atoms with Crippen molar-refractivity contribution >= 4 is 46.6 Å². The van der Waals surface area contributed by atoms with Gasteiger partial charge in [-0.1, -0.05) is 41.4 Å². The fourth-order valence-electron chi connectivity index (χ4n) is 6.75. The number of fused-ring (bicyclic) bond motifs is 3. The number of imide groups is 1. The Hall–Kier alpha value is -3.91. The number of aromatic hydroxyl groups is 1. The van der Waals surface area contributed by atoms with E-state index in [4.69, 9.17) is 21.1 Å². The van der Waals surface area contributed by atoms with Crippen LogP contribution in [-0.4, -0.2) is 43.3 Å². The molecule has 2 amide bonds. The minimum absolute atomic E-state index is 0.133. The zero-order valence-electron chi connectivity index (χ0n) is 24.3. The Balaban J connectivity index is 1.19. The molecular weight excluding hydrogens is 564 g/mol. The molecule has 2 aliphatic heterocycles. The number of phenols is 1. The summed E-state index contributed by atoms with van der Waals surface area (Å²) in [4.78, 5) is 29.0. The normalized spacial score (nSPS) is 23.5. The molecule has 0 spiro atoms. The van der Waals surface area contributed by atoms with Crippen molar-refractivity contribution in [1.29, 1.82) is 0 Å². The Kier molecular flexibility index (Phi) is 8.39. The average molecular weight is 599 g/mol. The van der Waals surface area contributed by atoms with Crippen LogP contribution in [0.5, 0.6) is 5.75 Å². The van der Waals surface area contributed by atoms with E-state index in [1.165, 1.54) is 11.0 Å². The van der Waals surface area contributed by atoms with Crippen LogP contribution in [0.3, 0.4) is 0 Å². The number of hydrogen-bond donors (Lipinski definition) is 2. The first kappa shape index (κ1) is 29.2. The van der Waals surface area contributed by atoms with E-state index < -0.39 is 11.8 Å². The summed E-state index contributed by atoms with van der Waals surface area (Å²) in [6.45, 7) is 2.87. The van der Waals surface area contributed by atoms with Crippen molar-refractivity contribution in [2.45, 2.75) is 32.3 Å². The molecule has 2 N–H and O–H groups in total. The van der Waals surface area contributed by atoms with E-state index in [1.54, 1.807) is 19.2 Å². The predicted octanol–water partition coefficient (Wildman–Crippen LogP) is 7.14. The molecular formula is C35H35ClN2O5. The molecule has 2 fully saturated rings. The summed E-state index contributed by atoms with van der Waals surface area (Å²) < 4.78 is 11.9. The molecule has 1 aliphatic carbocycles. The Morgan fingerprint density at radius 3 is 2.51 bits per heavy atom. The van der Waals surface area contributed by atoms with Crippen molar-refractivity contribution in [2.24, 2.45) is 17.8 Å². The summed E-state index contributed by atoms with van der Waals surface area (Å²) >= 11 is 6.30. The maximum Gasteiger partial charge on any atom is 0.238 e. The summed E-state index contributed by atoms with van der Waals surface area (Å²) in [5.41, 5.74) is 6.61. The number of ether oxygens (including phenoxy) is 2. The van der Waals surface area contributed by atoms with Crippen molar-refractivity contribution < 1.29 is 24.2 Å². The number of halogens is 1. The predicted molar refractivity (Wildman–Crippen MR) is 168 cm³/mol. The number of nitrogens with one attached hydrogen (secondary N) is 1. The fraction of sp³-hybridized carbons (Fsp3) is 0.314. The van der Waals surface area contributed by atoms with Gasteiger partial charge < -0.3 is 19.9 Å². The lowest BCUT2D eigenvalue weighted by Gasteiger charge is -2.31. The Bertz CT molecular complexity index is 1580. The van der Waals surface area contributed by atoms with Crippen LogP contribution in [0.1, 0.15) is 31.7 Å². The summed E-state index contributed by atoms with van der Waals surface area (Å²) in [5, 5.41) is 13.5. The van der Waals surface area contributed by atoms with Gasteiger partial charge in [-0.05, 0) is 97.5 Å². The van der Waals surface area contributed by atoms with Gasteiger partial charge in [-0.25, -0.2) is 0 Å². The number of rotatable bonds is 9. The number of carbonyl (C=O) groups is 2. The topological polar surface area (TPSA) is 88.1 Å². The van der Waals surface area contributed by atoms with E-state index in [0.29, 0.717) is 30.3 Å². The third-order valence-corrected chi connectivity index (χ3v) is 9.03. The number of benzene rings is 3. The minimum atomic E-state index is -0.442. The third kappa shape index (κ3) is 5.85. The Labute approximate surface area is 256 Å². The van der Waals surface area contributed by atoms with Crippen molar-refractivity contribution in [2.75, 3.05) is 30.5 Å². The number of para-hydroxylation sites is 1. The van der Waals surface area contributed by atoms with E-state index in [2.05, 4.69) is 12.2 Å². The molecule has 7 nitrogen and oxygen atoms in total. The Morgan fingerprint density at radius 1 is 1.05 bits per heavy atom. The molecule has 2 heterocycles. The minimum Gasteiger partial charge on any atom is -0.508 e. The van der Waals surface area contributed by atoms with Crippen molar-refractivity contribution in [3.8, 4) is 5.75 Å². The second-order valence-corrected chi connectivity index (χ2v) is 11.9. The zero-order valence-corrected chi connectivity index (χ0v) is 25.0. The molecule has 222 valence electrons. The Morgan fingerprint density at radius 2 is 1.79 bits per heavy atom. The van der Waals surface area contributed by atoms with Gasteiger partial charge in [-0.2, -0.15) is 0 Å². The zero-order chi connectivity index (χ0) is 30.1. The fourth-order valence-corrected chi connectivity index (χ4v) is 6.98. The van der Waals surface area contributed by atoms with E-state index in [1.807, 2.05) is 60.7 Å². The van der Waals surface area contributed by atoms with Crippen LogP contribution in [0.2, 0.25) is 5.02 Å². The lowest BCUT2D eigenvalue weighted by molar-refractivity contribution is -0.122. The van der Waals surface area contributed by atoms with Gasteiger partial charge in [-0.15, -0.1) is 0 Å². The van der Waals surface area contributed by atoms with Crippen LogP contribution in [0.4, 0.5) is 17.1 Å². The van der Waals surface area contributed by atoms with Crippen molar-refractivity contribution in [3.63, 3.8) is 0 Å². The summed E-state index contributed by atoms with van der Waals surface area (Å²) in [7, 11) is 1.66. The highest BCUT2D eigenvalue weighted by atomic mass is 35.5. The largest absolute Gasteiger partial charge is 0.508 e. The molecule has 6 rings (SSSR count). The second-order valence-electron chi connectivity index (χ2n) is 11.5. The van der Waals surface area contributed by atoms with Crippen molar-refractivity contribution in [1.82, 2.24) is 0 Å². The summed E-state index contributed by atoms with van der Waals surface area (Å²) in [5.74, 6) is -1.18. The molecule has 0 saturated carbocycles. The molecule has 0 aromatic heterocycles. The van der Waals surface area contributed by atoms with Gasteiger partial charge >= 0.3 is 0 Å². The molecule has 3 aromatic rings. The van der Waals surface area contributed by atoms with Crippen LogP contribution in [0, 0.1) is 17.8 Å². The average Bonchev–Trinajstić information content (AvgIpc) is 3.53. The molecule has 2 saturated heterocycles. The van der Waals surface area contributed by atoms with Gasteiger partial charge in [0.15, 0.2) is 0 Å². The first-order valence-electron chi connectivity index (χ1n) is 14.6. The van der Waals surface area contributed by atoms with Crippen LogP contribution in [0.25, 0.3) is 6.08 Å². The van der Waals surface area contributed by atoms with Crippen LogP contribution >= 0.6 is 11.6 Å². The molecule has 0 unspecified atom stereocenters. The van der Waals surface area contributed by atoms with E-state index in [-0.39, 0.29) is 29.6 Å². The number of nitrogens with zero attached hydrogens (tertiary/aromatic N) is 1. The van der Waals surface area contributed by atoms with Gasteiger partial charge in [-0.3, -0.25) is 14.5 Å². The first-order valence-corrected chi connectivity index (χ1v) is 15.0. The molecule has 3 aliphatic rings. The first-order chi connectivity index (χ1) is 20.8. The number of amides is 2.